The number of hydrogen-bond acceptors (Lipinski definition) is 9. The van der Waals surface area contributed by atoms with Crippen molar-refractivity contribution >= 4 is 27.5 Å². The van der Waals surface area contributed by atoms with Crippen molar-refractivity contribution in [2.75, 3.05) is 38.2 Å². The van der Waals surface area contributed by atoms with Crippen LogP contribution in [0.1, 0.15) is 44.6 Å². The molecule has 2 saturated heterocycles. The van der Waals surface area contributed by atoms with Crippen LogP contribution in [-0.4, -0.2) is 75.9 Å². The molecule has 0 bridgehead atoms. The molecule has 2 aromatic heterocycles. The SMILES string of the molecule is C#Cc1c(F)ccc2cc(O)cc(-c3nc4c5c(nc(OCC67CCCN6CCC7)nc5c3F)NCC(F)NC(F)C(CC)CO4)c12. The minimum atomic E-state index is -1.81. The first-order chi connectivity index (χ1) is 22.7. The number of benzene rings is 2. The minimum Gasteiger partial charge on any atom is -0.508 e. The summed E-state index contributed by atoms with van der Waals surface area (Å²) in [6.45, 7) is 3.29. The Hall–Kier alpha value is -4.41. The molecule has 0 spiro atoms. The van der Waals surface area contributed by atoms with Crippen LogP contribution >= 0.6 is 0 Å². The van der Waals surface area contributed by atoms with E-state index in [2.05, 4.69) is 36.4 Å². The van der Waals surface area contributed by atoms with E-state index in [0.29, 0.717) is 11.8 Å². The Labute approximate surface area is 268 Å². The molecule has 246 valence electrons. The predicted octanol–water partition coefficient (Wildman–Crippen LogP) is 5.83. The fourth-order valence-electron chi connectivity index (χ4n) is 7.16. The number of nitrogens with zero attached hydrogens (tertiary/aromatic N) is 4. The number of aromatic nitrogens is 3. The van der Waals surface area contributed by atoms with Gasteiger partial charge in [-0.15, -0.1) is 6.42 Å². The Morgan fingerprint density at radius 3 is 2.66 bits per heavy atom. The van der Waals surface area contributed by atoms with Crippen molar-refractivity contribution in [1.29, 1.82) is 0 Å². The van der Waals surface area contributed by atoms with Crippen molar-refractivity contribution in [1.82, 2.24) is 25.2 Å². The summed E-state index contributed by atoms with van der Waals surface area (Å²) in [6.07, 6.45) is 6.38. The lowest BCUT2D eigenvalue weighted by molar-refractivity contribution is 0.0875. The average Bonchev–Trinajstić information content (AvgIpc) is 3.64. The molecule has 3 aliphatic heterocycles. The highest BCUT2D eigenvalue weighted by Gasteiger charge is 2.45. The maximum atomic E-state index is 16.9. The number of halogens is 4. The predicted molar refractivity (Wildman–Crippen MR) is 169 cm³/mol. The molecule has 0 saturated carbocycles. The van der Waals surface area contributed by atoms with Crippen LogP contribution in [0.15, 0.2) is 24.3 Å². The van der Waals surface area contributed by atoms with E-state index in [0.717, 1.165) is 44.8 Å². The summed E-state index contributed by atoms with van der Waals surface area (Å²) in [4.78, 5) is 15.9. The van der Waals surface area contributed by atoms with E-state index >= 15 is 8.78 Å². The lowest BCUT2D eigenvalue weighted by atomic mass is 9.95. The third-order valence-corrected chi connectivity index (χ3v) is 9.62. The lowest BCUT2D eigenvalue weighted by Crippen LogP contribution is -2.43. The molecule has 3 atom stereocenters. The van der Waals surface area contributed by atoms with Gasteiger partial charge in [0.05, 0.1) is 24.3 Å². The zero-order valence-electron chi connectivity index (χ0n) is 25.8. The lowest BCUT2D eigenvalue weighted by Gasteiger charge is -2.31. The van der Waals surface area contributed by atoms with Crippen LogP contribution in [0.2, 0.25) is 0 Å². The summed E-state index contributed by atoms with van der Waals surface area (Å²) < 4.78 is 74.1. The molecular formula is C34H34F4N6O3. The van der Waals surface area contributed by atoms with Crippen LogP contribution in [0.4, 0.5) is 23.4 Å². The van der Waals surface area contributed by atoms with Crippen molar-refractivity contribution in [3.8, 4) is 41.2 Å². The second-order valence-corrected chi connectivity index (χ2v) is 12.4. The van der Waals surface area contributed by atoms with E-state index in [9.17, 15) is 13.9 Å². The van der Waals surface area contributed by atoms with Crippen molar-refractivity contribution in [3.63, 3.8) is 0 Å². The van der Waals surface area contributed by atoms with Crippen LogP contribution in [0, 0.1) is 29.9 Å². The van der Waals surface area contributed by atoms with E-state index in [1.54, 1.807) is 6.92 Å². The van der Waals surface area contributed by atoms with E-state index in [4.69, 9.17) is 15.9 Å². The normalized spacial score (nSPS) is 22.7. The molecule has 13 heteroatoms. The van der Waals surface area contributed by atoms with Gasteiger partial charge >= 0.3 is 6.01 Å². The number of nitrogens with one attached hydrogen (secondary N) is 2. The van der Waals surface area contributed by atoms with Gasteiger partial charge in [-0.25, -0.2) is 22.5 Å². The number of phenols is 1. The Kier molecular flexibility index (Phi) is 8.18. The topological polar surface area (TPSA) is 105 Å². The molecule has 7 rings (SSSR count). The Morgan fingerprint density at radius 1 is 1.13 bits per heavy atom. The standard InChI is InChI=1S/C34H34F4N6O3/c1-3-18-16-46-32-26-29(27(37)28(41-32)22-14-20(45)13-19-7-8-23(35)21(4-2)25(19)22)42-33(43-31(26)39-15-24(36)40-30(18)38)47-17-34-9-5-11-44(34)12-6-10-34/h2,7-8,13-14,18,24,30,40,45H,3,5-6,9-12,15-17H2,1H3,(H,39,42,43). The largest absolute Gasteiger partial charge is 0.508 e. The van der Waals surface area contributed by atoms with Gasteiger partial charge in [-0.05, 0) is 68.8 Å². The highest BCUT2D eigenvalue weighted by molar-refractivity contribution is 6.04. The van der Waals surface area contributed by atoms with E-state index in [1.807, 2.05) is 0 Å². The zero-order valence-corrected chi connectivity index (χ0v) is 25.8. The zero-order chi connectivity index (χ0) is 32.9. The first-order valence-electron chi connectivity index (χ1n) is 15.8. The van der Waals surface area contributed by atoms with Crippen molar-refractivity contribution < 1.29 is 32.1 Å². The molecule has 0 radical (unpaired) electrons. The smallest absolute Gasteiger partial charge is 0.319 e. The van der Waals surface area contributed by atoms with Crippen LogP contribution < -0.4 is 20.1 Å². The first kappa shape index (κ1) is 31.2. The first-order valence-corrected chi connectivity index (χ1v) is 15.8. The maximum Gasteiger partial charge on any atom is 0.319 e. The summed E-state index contributed by atoms with van der Waals surface area (Å²) in [5.41, 5.74) is -0.944. The molecule has 4 aromatic rings. The van der Waals surface area contributed by atoms with E-state index < -0.39 is 36.7 Å². The molecule has 5 heterocycles. The third kappa shape index (κ3) is 5.53. The van der Waals surface area contributed by atoms with Gasteiger partial charge in [0.15, 0.2) is 18.4 Å². The van der Waals surface area contributed by atoms with Gasteiger partial charge in [0.1, 0.15) is 40.6 Å². The van der Waals surface area contributed by atoms with Gasteiger partial charge in [-0.2, -0.15) is 9.97 Å². The fraction of sp³-hybridized carbons (Fsp3) is 0.441. The maximum absolute atomic E-state index is 16.9. The number of anilines is 1. The van der Waals surface area contributed by atoms with Gasteiger partial charge < -0.3 is 19.9 Å². The second kappa shape index (κ2) is 12.3. The van der Waals surface area contributed by atoms with Crippen molar-refractivity contribution in [2.24, 2.45) is 5.92 Å². The number of terminal acetylenes is 1. The Morgan fingerprint density at radius 2 is 1.91 bits per heavy atom. The Balaban J connectivity index is 1.44. The van der Waals surface area contributed by atoms with Gasteiger partial charge in [0, 0.05) is 16.9 Å². The molecule has 3 unspecified atom stereocenters. The molecule has 0 aliphatic carbocycles. The monoisotopic (exact) mass is 650 g/mol. The molecule has 3 aliphatic rings. The van der Waals surface area contributed by atoms with Crippen LogP contribution in [-0.2, 0) is 0 Å². The van der Waals surface area contributed by atoms with Gasteiger partial charge in [0.2, 0.25) is 5.88 Å². The Bertz CT molecular complexity index is 1890. The summed E-state index contributed by atoms with van der Waals surface area (Å²) in [5.74, 6) is -0.556. The number of alkyl halides is 2. The molecule has 0 amide bonds. The molecule has 9 nitrogen and oxygen atoms in total. The summed E-state index contributed by atoms with van der Waals surface area (Å²) in [7, 11) is 0. The van der Waals surface area contributed by atoms with Gasteiger partial charge in [0.25, 0.3) is 0 Å². The van der Waals surface area contributed by atoms with E-state index in [-0.39, 0.29) is 75.3 Å². The number of ether oxygens (including phenoxy) is 2. The number of pyridine rings is 1. The van der Waals surface area contributed by atoms with Gasteiger partial charge in [-0.3, -0.25) is 10.2 Å². The van der Waals surface area contributed by atoms with Crippen molar-refractivity contribution in [3.05, 3.63) is 41.5 Å². The van der Waals surface area contributed by atoms with Crippen LogP contribution in [0.25, 0.3) is 32.9 Å². The summed E-state index contributed by atoms with van der Waals surface area (Å²) in [5, 5.41) is 16.2. The number of hydrogen-bond donors (Lipinski definition) is 3. The third-order valence-electron chi connectivity index (χ3n) is 9.62. The molecule has 2 aromatic carbocycles. The van der Waals surface area contributed by atoms with Crippen LogP contribution in [0.5, 0.6) is 17.6 Å². The van der Waals surface area contributed by atoms with Gasteiger partial charge in [-0.1, -0.05) is 18.9 Å². The highest BCUT2D eigenvalue weighted by atomic mass is 19.2. The number of phenolic OH excluding ortho intramolecular Hbond substituents is 1. The number of aromatic hydroxyl groups is 1. The van der Waals surface area contributed by atoms with Crippen molar-refractivity contribution in [2.45, 2.75) is 57.2 Å². The molecule has 3 N–H and O–H groups in total. The summed E-state index contributed by atoms with van der Waals surface area (Å²) in [6, 6.07) is 5.03. The number of rotatable bonds is 5. The van der Waals surface area contributed by atoms with Crippen LogP contribution in [0.3, 0.4) is 0 Å². The molecule has 2 fully saturated rings. The molecular weight excluding hydrogens is 616 g/mol. The average molecular weight is 651 g/mol. The second-order valence-electron chi connectivity index (χ2n) is 12.4. The minimum absolute atomic E-state index is 0.00713. The molecule has 47 heavy (non-hydrogen) atoms. The quantitative estimate of drug-likeness (QED) is 0.140. The number of fused-ring (bicyclic) bond motifs is 2. The summed E-state index contributed by atoms with van der Waals surface area (Å²) >= 11 is 0. The van der Waals surface area contributed by atoms with E-state index in [1.165, 1.54) is 18.2 Å². The fourth-order valence-corrected chi connectivity index (χ4v) is 7.16. The highest BCUT2D eigenvalue weighted by Crippen LogP contribution is 2.43.